The van der Waals surface area contributed by atoms with Gasteiger partial charge in [-0.05, 0) is 41.3 Å². The number of nitrogens with zero attached hydrogens (tertiary/aromatic N) is 2. The first kappa shape index (κ1) is 22.4. The number of hydrogen-bond donors (Lipinski definition) is 2. The quantitative estimate of drug-likeness (QED) is 0.702. The molecule has 8 heteroatoms. The summed E-state index contributed by atoms with van der Waals surface area (Å²) in [5.74, 6) is 0.427. The van der Waals surface area contributed by atoms with Crippen LogP contribution in [0.15, 0.2) is 53.4 Å². The third-order valence-electron chi connectivity index (χ3n) is 5.35. The van der Waals surface area contributed by atoms with Crippen molar-refractivity contribution in [2.45, 2.75) is 31.2 Å². The number of amides is 1. The van der Waals surface area contributed by atoms with E-state index in [1.807, 2.05) is 0 Å². The average Bonchev–Trinajstić information content (AvgIpc) is 2.69. The van der Waals surface area contributed by atoms with E-state index in [1.165, 1.54) is 23.3 Å². The van der Waals surface area contributed by atoms with Gasteiger partial charge in [0.05, 0.1) is 11.4 Å². The van der Waals surface area contributed by atoms with Gasteiger partial charge in [-0.25, -0.2) is 13.6 Å². The second-order valence-electron chi connectivity index (χ2n) is 8.07. The minimum atomic E-state index is -3.73. The predicted octanol–water partition coefficient (Wildman–Crippen LogP) is 2.21. The van der Waals surface area contributed by atoms with E-state index in [2.05, 4.69) is 53.2 Å². The van der Waals surface area contributed by atoms with Gasteiger partial charge >= 0.3 is 0 Å². The monoisotopic (exact) mass is 430 g/mol. The van der Waals surface area contributed by atoms with E-state index in [-0.39, 0.29) is 10.8 Å². The zero-order valence-corrected chi connectivity index (χ0v) is 18.4. The Hall–Kier alpha value is -2.26. The van der Waals surface area contributed by atoms with Crippen molar-refractivity contribution in [1.82, 2.24) is 9.80 Å². The minimum Gasteiger partial charge on any atom is -0.325 e. The van der Waals surface area contributed by atoms with Crippen LogP contribution in [0.1, 0.15) is 30.9 Å². The first-order valence-corrected chi connectivity index (χ1v) is 11.7. The van der Waals surface area contributed by atoms with E-state index in [0.29, 0.717) is 18.2 Å². The smallest absolute Gasteiger partial charge is 0.238 e. The number of rotatable bonds is 7. The number of piperazine rings is 1. The summed E-state index contributed by atoms with van der Waals surface area (Å²) >= 11 is 0. The topological polar surface area (TPSA) is 95.7 Å². The van der Waals surface area contributed by atoms with Crippen LogP contribution >= 0.6 is 0 Å². The maximum Gasteiger partial charge on any atom is 0.238 e. The molecule has 0 radical (unpaired) electrons. The van der Waals surface area contributed by atoms with Crippen molar-refractivity contribution in [3.8, 4) is 0 Å². The number of hydrogen-bond acceptors (Lipinski definition) is 5. The highest BCUT2D eigenvalue weighted by atomic mass is 32.2. The molecule has 2 aromatic carbocycles. The van der Waals surface area contributed by atoms with Crippen molar-refractivity contribution >= 4 is 21.6 Å². The highest BCUT2D eigenvalue weighted by Gasteiger charge is 2.19. The minimum absolute atomic E-state index is 0.0236. The number of sulfonamides is 1. The molecule has 2 aromatic rings. The number of nitrogens with one attached hydrogen (secondary N) is 1. The van der Waals surface area contributed by atoms with Crippen LogP contribution in [0.5, 0.6) is 0 Å². The molecule has 1 aliphatic rings. The lowest BCUT2D eigenvalue weighted by Crippen LogP contribution is -2.48. The maximum atomic E-state index is 12.3. The lowest BCUT2D eigenvalue weighted by atomic mass is 10.0. The molecule has 1 fully saturated rings. The molecule has 0 atom stereocenters. The fourth-order valence-corrected chi connectivity index (χ4v) is 4.02. The lowest BCUT2D eigenvalue weighted by Gasteiger charge is -2.34. The third-order valence-corrected chi connectivity index (χ3v) is 6.28. The molecule has 3 N–H and O–H groups in total. The summed E-state index contributed by atoms with van der Waals surface area (Å²) in [6.07, 6.45) is 0. The molecular formula is C22H30N4O3S. The number of benzene rings is 2. The van der Waals surface area contributed by atoms with Crippen molar-refractivity contribution in [2.75, 3.05) is 38.0 Å². The second-order valence-corrected chi connectivity index (χ2v) is 9.63. The standard InChI is InChI=1S/C22H30N4O3S/c1-17(2)19-5-3-18(4-6-19)15-25-11-13-26(14-12-25)16-22(27)24-20-7-9-21(10-8-20)30(23,28)29/h3-10,17H,11-16H2,1-2H3,(H,24,27)(H2,23,28,29). The number of carbonyl (C=O) groups excluding carboxylic acids is 1. The van der Waals surface area contributed by atoms with Gasteiger partial charge in [-0.15, -0.1) is 0 Å². The number of nitrogens with two attached hydrogens (primary N) is 1. The summed E-state index contributed by atoms with van der Waals surface area (Å²) in [6.45, 7) is 9.14. The largest absolute Gasteiger partial charge is 0.325 e. The molecule has 0 aliphatic carbocycles. The van der Waals surface area contributed by atoms with Crippen molar-refractivity contribution in [3.05, 3.63) is 59.7 Å². The number of carbonyl (C=O) groups is 1. The molecule has 162 valence electrons. The normalized spacial score (nSPS) is 16.0. The van der Waals surface area contributed by atoms with Crippen molar-refractivity contribution in [1.29, 1.82) is 0 Å². The Balaban J connectivity index is 1.43. The van der Waals surface area contributed by atoms with Gasteiger partial charge in [-0.1, -0.05) is 38.1 Å². The molecule has 30 heavy (non-hydrogen) atoms. The van der Waals surface area contributed by atoms with Crippen LogP contribution in [-0.4, -0.2) is 56.8 Å². The van der Waals surface area contributed by atoms with Crippen LogP contribution in [0, 0.1) is 0 Å². The summed E-state index contributed by atoms with van der Waals surface area (Å²) in [6, 6.07) is 14.7. The zero-order chi connectivity index (χ0) is 21.7. The molecule has 3 rings (SSSR count). The van der Waals surface area contributed by atoms with Crippen molar-refractivity contribution in [3.63, 3.8) is 0 Å². The molecule has 7 nitrogen and oxygen atoms in total. The van der Waals surface area contributed by atoms with E-state index < -0.39 is 10.0 Å². The van der Waals surface area contributed by atoms with Crippen LogP contribution in [0.25, 0.3) is 0 Å². The molecule has 1 heterocycles. The SMILES string of the molecule is CC(C)c1ccc(CN2CCN(CC(=O)Nc3ccc(S(N)(=O)=O)cc3)CC2)cc1. The number of primary sulfonamides is 1. The van der Waals surface area contributed by atoms with Gasteiger partial charge in [-0.2, -0.15) is 0 Å². The van der Waals surface area contributed by atoms with Crippen LogP contribution in [0.3, 0.4) is 0 Å². The Morgan fingerprint density at radius 3 is 2.07 bits per heavy atom. The van der Waals surface area contributed by atoms with Gasteiger partial charge in [0.2, 0.25) is 15.9 Å². The van der Waals surface area contributed by atoms with E-state index in [1.54, 1.807) is 12.1 Å². The Morgan fingerprint density at radius 1 is 0.967 bits per heavy atom. The van der Waals surface area contributed by atoms with Gasteiger partial charge in [0.25, 0.3) is 0 Å². The van der Waals surface area contributed by atoms with Gasteiger partial charge in [-0.3, -0.25) is 14.6 Å². The lowest BCUT2D eigenvalue weighted by molar-refractivity contribution is -0.117. The van der Waals surface area contributed by atoms with Crippen LogP contribution in [-0.2, 0) is 21.4 Å². The summed E-state index contributed by atoms with van der Waals surface area (Å²) in [4.78, 5) is 16.9. The van der Waals surface area contributed by atoms with Crippen LogP contribution < -0.4 is 10.5 Å². The van der Waals surface area contributed by atoms with E-state index >= 15 is 0 Å². The van der Waals surface area contributed by atoms with Gasteiger partial charge in [0, 0.05) is 38.4 Å². The molecular weight excluding hydrogens is 400 g/mol. The molecule has 0 bridgehead atoms. The van der Waals surface area contributed by atoms with Crippen molar-refractivity contribution in [2.24, 2.45) is 5.14 Å². The Kier molecular flexibility index (Phi) is 7.25. The predicted molar refractivity (Wildman–Crippen MR) is 119 cm³/mol. The van der Waals surface area contributed by atoms with Crippen LogP contribution in [0.2, 0.25) is 0 Å². The summed E-state index contributed by atoms with van der Waals surface area (Å²) in [7, 11) is -3.73. The van der Waals surface area contributed by atoms with Gasteiger partial charge in [0.15, 0.2) is 0 Å². The van der Waals surface area contributed by atoms with E-state index in [0.717, 1.165) is 32.7 Å². The highest BCUT2D eigenvalue weighted by molar-refractivity contribution is 7.89. The van der Waals surface area contributed by atoms with Gasteiger partial charge in [0.1, 0.15) is 0 Å². The summed E-state index contributed by atoms with van der Waals surface area (Å²) < 4.78 is 22.6. The molecule has 0 spiro atoms. The summed E-state index contributed by atoms with van der Waals surface area (Å²) in [5, 5.41) is 7.89. The number of anilines is 1. The fraction of sp³-hybridized carbons (Fsp3) is 0.409. The molecule has 1 aliphatic heterocycles. The van der Waals surface area contributed by atoms with Gasteiger partial charge < -0.3 is 5.32 Å². The first-order chi connectivity index (χ1) is 14.2. The zero-order valence-electron chi connectivity index (χ0n) is 17.5. The average molecular weight is 431 g/mol. The molecule has 1 saturated heterocycles. The van der Waals surface area contributed by atoms with Crippen LogP contribution in [0.4, 0.5) is 5.69 Å². The maximum absolute atomic E-state index is 12.3. The summed E-state index contributed by atoms with van der Waals surface area (Å²) in [5.41, 5.74) is 3.22. The first-order valence-electron chi connectivity index (χ1n) is 10.2. The van der Waals surface area contributed by atoms with E-state index in [4.69, 9.17) is 5.14 Å². The Labute approximate surface area is 178 Å². The molecule has 1 amide bonds. The third kappa shape index (κ3) is 6.37. The Morgan fingerprint density at radius 2 is 1.53 bits per heavy atom. The highest BCUT2D eigenvalue weighted by Crippen LogP contribution is 2.16. The molecule has 0 saturated carbocycles. The Bertz CT molecular complexity index is 949. The fourth-order valence-electron chi connectivity index (χ4n) is 3.50. The molecule has 0 aromatic heterocycles. The second kappa shape index (κ2) is 9.70. The molecule has 0 unspecified atom stereocenters. The van der Waals surface area contributed by atoms with Crippen molar-refractivity contribution < 1.29 is 13.2 Å². The van der Waals surface area contributed by atoms with E-state index in [9.17, 15) is 13.2 Å².